The summed E-state index contributed by atoms with van der Waals surface area (Å²) >= 11 is 0. The van der Waals surface area contributed by atoms with Gasteiger partial charge in [-0.1, -0.05) is 38.8 Å². The fraction of sp³-hybridized carbons (Fsp3) is 0.684. The van der Waals surface area contributed by atoms with E-state index in [2.05, 4.69) is 50.4 Å². The van der Waals surface area contributed by atoms with Crippen molar-refractivity contribution in [3.63, 3.8) is 0 Å². The van der Waals surface area contributed by atoms with Gasteiger partial charge in [-0.3, -0.25) is 0 Å². The Labute approximate surface area is 130 Å². The molecule has 118 valence electrons. The number of ether oxygens (including phenoxy) is 1. The normalized spacial score (nSPS) is 18.6. The first-order valence-electron chi connectivity index (χ1n) is 8.65. The van der Waals surface area contributed by atoms with E-state index in [0.717, 1.165) is 25.3 Å². The van der Waals surface area contributed by atoms with Gasteiger partial charge in [0.15, 0.2) is 0 Å². The molecule has 2 rings (SSSR count). The van der Waals surface area contributed by atoms with Gasteiger partial charge >= 0.3 is 0 Å². The average molecular weight is 289 g/mol. The molecule has 2 heteroatoms. The highest BCUT2D eigenvalue weighted by atomic mass is 16.5. The molecular weight excluding hydrogens is 258 g/mol. The molecule has 2 nitrogen and oxygen atoms in total. The molecule has 0 aliphatic heterocycles. The standard InChI is InChI=1S/C19H31NO/c1-4-14-21-18-10-8-17(9-11-18)16(3)20-15-19(5-2)12-6-7-13-19/h8-11,16,20H,4-7,12-15H2,1-3H3. The monoisotopic (exact) mass is 289 g/mol. The lowest BCUT2D eigenvalue weighted by atomic mass is 9.83. The number of rotatable bonds is 8. The van der Waals surface area contributed by atoms with Gasteiger partial charge in [0.2, 0.25) is 0 Å². The van der Waals surface area contributed by atoms with Crippen LogP contribution in [0.25, 0.3) is 0 Å². The first-order valence-corrected chi connectivity index (χ1v) is 8.65. The maximum Gasteiger partial charge on any atom is 0.119 e. The Morgan fingerprint density at radius 1 is 1.14 bits per heavy atom. The summed E-state index contributed by atoms with van der Waals surface area (Å²) in [5, 5.41) is 3.75. The fourth-order valence-electron chi connectivity index (χ4n) is 3.34. The van der Waals surface area contributed by atoms with Crippen molar-refractivity contribution in [1.29, 1.82) is 0 Å². The van der Waals surface area contributed by atoms with Crippen LogP contribution in [0.15, 0.2) is 24.3 Å². The van der Waals surface area contributed by atoms with E-state index in [1.807, 2.05) is 0 Å². The van der Waals surface area contributed by atoms with Crippen LogP contribution in [0.5, 0.6) is 5.75 Å². The van der Waals surface area contributed by atoms with Crippen LogP contribution in [-0.4, -0.2) is 13.2 Å². The quantitative estimate of drug-likeness (QED) is 0.719. The van der Waals surface area contributed by atoms with Crippen LogP contribution < -0.4 is 10.1 Å². The smallest absolute Gasteiger partial charge is 0.119 e. The average Bonchev–Trinajstić information content (AvgIpc) is 3.00. The fourth-order valence-corrected chi connectivity index (χ4v) is 3.34. The summed E-state index contributed by atoms with van der Waals surface area (Å²) < 4.78 is 5.64. The number of benzene rings is 1. The summed E-state index contributed by atoms with van der Waals surface area (Å²) in [6.07, 6.45) is 7.97. The Hall–Kier alpha value is -1.02. The van der Waals surface area contributed by atoms with Crippen LogP contribution >= 0.6 is 0 Å². The number of hydrogen-bond acceptors (Lipinski definition) is 2. The van der Waals surface area contributed by atoms with Crippen molar-refractivity contribution in [1.82, 2.24) is 5.32 Å². The van der Waals surface area contributed by atoms with Gasteiger partial charge < -0.3 is 10.1 Å². The highest BCUT2D eigenvalue weighted by Crippen LogP contribution is 2.40. The van der Waals surface area contributed by atoms with Gasteiger partial charge in [0, 0.05) is 12.6 Å². The second kappa shape index (κ2) is 7.84. The third-order valence-electron chi connectivity index (χ3n) is 5.05. The molecule has 1 N–H and O–H groups in total. The topological polar surface area (TPSA) is 21.3 Å². The van der Waals surface area contributed by atoms with Crippen molar-refractivity contribution in [3.05, 3.63) is 29.8 Å². The molecule has 0 saturated heterocycles. The van der Waals surface area contributed by atoms with Crippen molar-refractivity contribution in [2.45, 2.75) is 65.3 Å². The molecule has 21 heavy (non-hydrogen) atoms. The maximum absolute atomic E-state index is 5.64. The molecule has 0 amide bonds. The van der Waals surface area contributed by atoms with Crippen LogP contribution in [0, 0.1) is 5.41 Å². The summed E-state index contributed by atoms with van der Waals surface area (Å²) in [4.78, 5) is 0. The first kappa shape index (κ1) is 16.4. The van der Waals surface area contributed by atoms with E-state index in [-0.39, 0.29) is 0 Å². The van der Waals surface area contributed by atoms with E-state index in [1.54, 1.807) is 0 Å². The zero-order chi connectivity index (χ0) is 15.1. The van der Waals surface area contributed by atoms with Gasteiger partial charge in [-0.2, -0.15) is 0 Å². The van der Waals surface area contributed by atoms with Crippen molar-refractivity contribution < 1.29 is 4.74 Å². The van der Waals surface area contributed by atoms with E-state index >= 15 is 0 Å². The lowest BCUT2D eigenvalue weighted by Gasteiger charge is -2.30. The van der Waals surface area contributed by atoms with E-state index in [1.165, 1.54) is 37.7 Å². The van der Waals surface area contributed by atoms with Crippen molar-refractivity contribution in [3.8, 4) is 5.75 Å². The Kier molecular flexibility index (Phi) is 6.10. The van der Waals surface area contributed by atoms with E-state index in [0.29, 0.717) is 11.5 Å². The minimum atomic E-state index is 0.411. The zero-order valence-electron chi connectivity index (χ0n) is 14.0. The Morgan fingerprint density at radius 3 is 2.38 bits per heavy atom. The second-order valence-electron chi connectivity index (χ2n) is 6.58. The van der Waals surface area contributed by atoms with E-state index in [9.17, 15) is 0 Å². The summed E-state index contributed by atoms with van der Waals surface area (Å²) in [5.74, 6) is 0.980. The first-order chi connectivity index (χ1) is 10.2. The molecule has 1 saturated carbocycles. The van der Waals surface area contributed by atoms with Crippen LogP contribution in [-0.2, 0) is 0 Å². The Morgan fingerprint density at radius 2 is 1.81 bits per heavy atom. The van der Waals surface area contributed by atoms with Gasteiger partial charge in [-0.25, -0.2) is 0 Å². The molecule has 1 unspecified atom stereocenters. The van der Waals surface area contributed by atoms with Crippen LogP contribution in [0.1, 0.15) is 70.9 Å². The van der Waals surface area contributed by atoms with Gasteiger partial charge in [-0.05, 0) is 55.7 Å². The molecular formula is C19H31NO. The summed E-state index contributed by atoms with van der Waals surface area (Å²) in [6, 6.07) is 8.98. The summed E-state index contributed by atoms with van der Waals surface area (Å²) in [6.45, 7) is 8.69. The molecule has 0 aromatic heterocycles. The second-order valence-corrected chi connectivity index (χ2v) is 6.58. The number of hydrogen-bond donors (Lipinski definition) is 1. The van der Waals surface area contributed by atoms with Crippen molar-refractivity contribution >= 4 is 0 Å². The molecule has 0 bridgehead atoms. The van der Waals surface area contributed by atoms with E-state index < -0.39 is 0 Å². The highest BCUT2D eigenvalue weighted by molar-refractivity contribution is 5.29. The third kappa shape index (κ3) is 4.47. The van der Waals surface area contributed by atoms with Crippen LogP contribution in [0.4, 0.5) is 0 Å². The number of nitrogens with one attached hydrogen (secondary N) is 1. The van der Waals surface area contributed by atoms with Crippen LogP contribution in [0.2, 0.25) is 0 Å². The van der Waals surface area contributed by atoms with Gasteiger partial charge in [0.1, 0.15) is 5.75 Å². The van der Waals surface area contributed by atoms with Gasteiger partial charge in [0.25, 0.3) is 0 Å². The molecule has 1 fully saturated rings. The Bertz CT molecular complexity index is 406. The molecule has 1 aromatic rings. The SMILES string of the molecule is CCCOc1ccc(C(C)NCC2(CC)CCCC2)cc1. The van der Waals surface area contributed by atoms with Crippen molar-refractivity contribution in [2.24, 2.45) is 5.41 Å². The lowest BCUT2D eigenvalue weighted by Crippen LogP contribution is -2.33. The molecule has 1 aliphatic rings. The third-order valence-corrected chi connectivity index (χ3v) is 5.05. The van der Waals surface area contributed by atoms with Crippen LogP contribution in [0.3, 0.4) is 0 Å². The van der Waals surface area contributed by atoms with Crippen molar-refractivity contribution in [2.75, 3.05) is 13.2 Å². The highest BCUT2D eigenvalue weighted by Gasteiger charge is 2.31. The van der Waals surface area contributed by atoms with Gasteiger partial charge in [0.05, 0.1) is 6.61 Å². The Balaban J connectivity index is 1.86. The minimum Gasteiger partial charge on any atom is -0.494 e. The summed E-state index contributed by atoms with van der Waals surface area (Å²) in [5.41, 5.74) is 1.90. The lowest BCUT2D eigenvalue weighted by molar-refractivity contribution is 0.259. The van der Waals surface area contributed by atoms with Gasteiger partial charge in [-0.15, -0.1) is 0 Å². The molecule has 1 aromatic carbocycles. The van der Waals surface area contributed by atoms with E-state index in [4.69, 9.17) is 4.74 Å². The molecule has 1 aliphatic carbocycles. The molecule has 1 atom stereocenters. The predicted molar refractivity (Wildman–Crippen MR) is 89.8 cm³/mol. The summed E-state index contributed by atoms with van der Waals surface area (Å²) in [7, 11) is 0. The predicted octanol–water partition coefficient (Wildman–Crippen LogP) is 5.10. The minimum absolute atomic E-state index is 0.411. The molecule has 0 spiro atoms. The molecule has 0 radical (unpaired) electrons. The molecule has 0 heterocycles. The zero-order valence-corrected chi connectivity index (χ0v) is 14.0. The maximum atomic E-state index is 5.64. The largest absolute Gasteiger partial charge is 0.494 e.